The van der Waals surface area contributed by atoms with Crippen LogP contribution in [0, 0.1) is 11.8 Å². The fourth-order valence-corrected chi connectivity index (χ4v) is 6.68. The normalized spacial score (nSPS) is 33.7. The molecule has 2 amide bonds. The number of amides is 2. The lowest BCUT2D eigenvalue weighted by Gasteiger charge is -2.41. The van der Waals surface area contributed by atoms with Gasteiger partial charge in [-0.1, -0.05) is 0 Å². The van der Waals surface area contributed by atoms with Crippen LogP contribution in [0.25, 0.3) is 0 Å². The van der Waals surface area contributed by atoms with Crippen molar-refractivity contribution in [3.63, 3.8) is 0 Å². The highest BCUT2D eigenvalue weighted by atomic mass is 16.4. The Bertz CT molecular complexity index is 926. The number of carboxylic acid groups (broad SMARTS) is 1. The Balaban J connectivity index is 1.33. The SMILES string of the molecule is CC1=NN(C2CCC(C(=O)C(C)(C)NC3CCC4CN(C)C(=O)C(CC(=O)O)NC4C3)CC2)C(=O)C1. The van der Waals surface area contributed by atoms with Crippen molar-refractivity contribution in [1.82, 2.24) is 20.5 Å². The summed E-state index contributed by atoms with van der Waals surface area (Å²) in [5.74, 6) is -0.655. The molecular formula is C26H41N5O5. The Labute approximate surface area is 213 Å². The summed E-state index contributed by atoms with van der Waals surface area (Å²) >= 11 is 0. The summed E-state index contributed by atoms with van der Waals surface area (Å²) in [5, 5.41) is 22.2. The predicted octanol–water partition coefficient (Wildman–Crippen LogP) is 1.53. The fourth-order valence-electron chi connectivity index (χ4n) is 6.68. The fraction of sp³-hybridized carbons (Fsp3) is 0.808. The number of carboxylic acids is 1. The number of hydrazone groups is 1. The van der Waals surface area contributed by atoms with E-state index in [4.69, 9.17) is 0 Å². The number of rotatable bonds is 7. The first kappa shape index (κ1) is 26.7. The Morgan fingerprint density at radius 2 is 1.83 bits per heavy atom. The zero-order valence-corrected chi connectivity index (χ0v) is 22.0. The Morgan fingerprint density at radius 3 is 2.44 bits per heavy atom. The van der Waals surface area contributed by atoms with Gasteiger partial charge in [-0.2, -0.15) is 5.10 Å². The summed E-state index contributed by atoms with van der Waals surface area (Å²) in [7, 11) is 1.75. The standard InChI is InChI=1S/C26H41N5O5/c1-15-11-22(32)31(29-15)19-9-6-16(7-10-19)24(35)26(2,3)28-18-8-5-17-14-30(4)25(36)21(13-23(33)34)27-20(17)12-18/h16-21,27-28H,5-14H2,1-4H3,(H,33,34). The van der Waals surface area contributed by atoms with E-state index >= 15 is 0 Å². The number of carbonyl (C=O) groups is 4. The summed E-state index contributed by atoms with van der Waals surface area (Å²) in [4.78, 5) is 51.3. The van der Waals surface area contributed by atoms with Crippen LogP contribution in [-0.2, 0) is 19.2 Å². The van der Waals surface area contributed by atoms with E-state index < -0.39 is 17.6 Å². The van der Waals surface area contributed by atoms with Crippen LogP contribution in [0.5, 0.6) is 0 Å². The number of nitrogens with one attached hydrogen (secondary N) is 2. The first-order valence-corrected chi connectivity index (χ1v) is 13.4. The van der Waals surface area contributed by atoms with E-state index in [2.05, 4.69) is 15.7 Å². The van der Waals surface area contributed by atoms with Crippen molar-refractivity contribution in [1.29, 1.82) is 0 Å². The minimum atomic E-state index is -0.990. The van der Waals surface area contributed by atoms with Gasteiger partial charge in [-0.25, -0.2) is 5.01 Å². The zero-order chi connectivity index (χ0) is 26.2. The second-order valence-electron chi connectivity index (χ2n) is 11.8. The molecule has 0 aromatic rings. The molecule has 0 spiro atoms. The highest BCUT2D eigenvalue weighted by Gasteiger charge is 2.43. The van der Waals surface area contributed by atoms with Crippen molar-refractivity contribution in [2.75, 3.05) is 13.6 Å². The molecule has 4 unspecified atom stereocenters. The molecule has 0 radical (unpaired) electrons. The summed E-state index contributed by atoms with van der Waals surface area (Å²) < 4.78 is 0. The second-order valence-corrected chi connectivity index (χ2v) is 11.8. The van der Waals surface area contributed by atoms with Crippen molar-refractivity contribution in [3.05, 3.63) is 0 Å². The number of hydrogen-bond acceptors (Lipinski definition) is 7. The van der Waals surface area contributed by atoms with E-state index in [1.54, 1.807) is 17.0 Å². The van der Waals surface area contributed by atoms with Gasteiger partial charge in [-0.05, 0) is 71.6 Å². The molecule has 0 aromatic carbocycles. The molecule has 1 saturated heterocycles. The zero-order valence-electron chi connectivity index (χ0n) is 22.0. The van der Waals surface area contributed by atoms with Gasteiger partial charge >= 0.3 is 5.97 Å². The van der Waals surface area contributed by atoms with Gasteiger partial charge in [0, 0.05) is 37.3 Å². The summed E-state index contributed by atoms with van der Waals surface area (Å²) in [6, 6.07) is -0.497. The molecule has 2 aliphatic carbocycles. The first-order valence-electron chi connectivity index (χ1n) is 13.4. The van der Waals surface area contributed by atoms with E-state index in [9.17, 15) is 24.3 Å². The molecule has 0 aromatic heterocycles. The highest BCUT2D eigenvalue weighted by molar-refractivity contribution is 6.03. The maximum Gasteiger partial charge on any atom is 0.305 e. The molecule has 0 bridgehead atoms. The Kier molecular flexibility index (Phi) is 7.85. The third-order valence-corrected chi connectivity index (χ3v) is 8.51. The molecule has 200 valence electrons. The van der Waals surface area contributed by atoms with Crippen molar-refractivity contribution < 1.29 is 24.3 Å². The topological polar surface area (TPSA) is 131 Å². The van der Waals surface area contributed by atoms with Gasteiger partial charge in [0.25, 0.3) is 0 Å². The van der Waals surface area contributed by atoms with Gasteiger partial charge in [0.2, 0.25) is 11.8 Å². The highest BCUT2D eigenvalue weighted by Crippen LogP contribution is 2.34. The van der Waals surface area contributed by atoms with Crippen LogP contribution in [0.4, 0.5) is 0 Å². The van der Waals surface area contributed by atoms with Crippen LogP contribution in [0.3, 0.4) is 0 Å². The van der Waals surface area contributed by atoms with Crippen LogP contribution in [0.2, 0.25) is 0 Å². The van der Waals surface area contributed by atoms with E-state index in [0.717, 1.165) is 50.7 Å². The van der Waals surface area contributed by atoms with E-state index in [0.29, 0.717) is 13.0 Å². The number of fused-ring (bicyclic) bond motifs is 1. The molecule has 2 aliphatic heterocycles. The average molecular weight is 504 g/mol. The summed E-state index contributed by atoms with van der Waals surface area (Å²) in [6.07, 6.45) is 5.83. The second kappa shape index (κ2) is 10.6. The molecule has 3 N–H and O–H groups in total. The number of carbonyl (C=O) groups excluding carboxylic acids is 3. The van der Waals surface area contributed by atoms with Crippen LogP contribution in [0.15, 0.2) is 5.10 Å². The van der Waals surface area contributed by atoms with Gasteiger partial charge in [0.1, 0.15) is 0 Å². The third kappa shape index (κ3) is 5.80. The van der Waals surface area contributed by atoms with Gasteiger partial charge in [0.05, 0.1) is 30.5 Å². The number of nitrogens with zero attached hydrogens (tertiary/aromatic N) is 3. The molecule has 4 atom stereocenters. The van der Waals surface area contributed by atoms with E-state index in [1.807, 2.05) is 20.8 Å². The number of hydrogen-bond donors (Lipinski definition) is 3. The first-order chi connectivity index (χ1) is 16.9. The number of ketones is 1. The number of Topliss-reactive ketones (excluding diaryl/α,β-unsaturated/α-hetero) is 1. The lowest BCUT2D eigenvalue weighted by Crippen LogP contribution is -2.58. The van der Waals surface area contributed by atoms with Gasteiger partial charge in [-0.15, -0.1) is 0 Å². The maximum atomic E-state index is 13.5. The van der Waals surface area contributed by atoms with Gasteiger partial charge in [0.15, 0.2) is 5.78 Å². The van der Waals surface area contributed by atoms with Crippen LogP contribution in [0.1, 0.15) is 78.6 Å². The monoisotopic (exact) mass is 503 g/mol. The number of aliphatic carboxylic acids is 1. The molecule has 3 fully saturated rings. The summed E-state index contributed by atoms with van der Waals surface area (Å²) in [6.45, 7) is 6.40. The van der Waals surface area contributed by atoms with Crippen LogP contribution >= 0.6 is 0 Å². The Hall–Kier alpha value is -2.33. The quantitative estimate of drug-likeness (QED) is 0.480. The lowest BCUT2D eigenvalue weighted by atomic mass is 9.76. The molecule has 10 heteroatoms. The van der Waals surface area contributed by atoms with Crippen molar-refractivity contribution in [2.45, 2.75) is 108 Å². The van der Waals surface area contributed by atoms with Crippen LogP contribution < -0.4 is 10.6 Å². The Morgan fingerprint density at radius 1 is 1.14 bits per heavy atom. The largest absolute Gasteiger partial charge is 0.481 e. The molecule has 4 rings (SSSR count). The minimum Gasteiger partial charge on any atom is -0.481 e. The van der Waals surface area contributed by atoms with Gasteiger partial charge < -0.3 is 20.6 Å². The number of likely N-dealkylation sites (N-methyl/N-ethyl adjacent to an activating group) is 1. The molecule has 2 heterocycles. The molecule has 10 nitrogen and oxygen atoms in total. The maximum absolute atomic E-state index is 13.5. The smallest absolute Gasteiger partial charge is 0.305 e. The third-order valence-electron chi connectivity index (χ3n) is 8.51. The van der Waals surface area contributed by atoms with Gasteiger partial charge in [-0.3, -0.25) is 19.2 Å². The molecule has 36 heavy (non-hydrogen) atoms. The van der Waals surface area contributed by atoms with E-state index in [1.165, 1.54) is 0 Å². The average Bonchev–Trinajstić information content (AvgIpc) is 3.11. The molecular weight excluding hydrogens is 462 g/mol. The van der Waals surface area contributed by atoms with Crippen LogP contribution in [-0.4, -0.2) is 87.6 Å². The van der Waals surface area contributed by atoms with Crippen molar-refractivity contribution in [3.8, 4) is 0 Å². The molecule has 4 aliphatic rings. The molecule has 2 saturated carbocycles. The summed E-state index contributed by atoms with van der Waals surface area (Å²) in [5.41, 5.74) is 0.164. The van der Waals surface area contributed by atoms with Crippen molar-refractivity contribution in [2.24, 2.45) is 16.9 Å². The minimum absolute atomic E-state index is 0.0258. The van der Waals surface area contributed by atoms with E-state index in [-0.39, 0.29) is 54.0 Å². The van der Waals surface area contributed by atoms with Crippen molar-refractivity contribution >= 4 is 29.3 Å². The predicted molar refractivity (Wildman–Crippen MR) is 134 cm³/mol. The lowest BCUT2D eigenvalue weighted by molar-refractivity contribution is -0.141.